The zero-order chi connectivity index (χ0) is 17.4. The molecule has 0 saturated heterocycles. The van der Waals surface area contributed by atoms with E-state index in [1.54, 1.807) is 21.3 Å². The molecule has 0 atom stereocenters. The Balaban J connectivity index is 1.73. The van der Waals surface area contributed by atoms with E-state index in [2.05, 4.69) is 21.6 Å². The lowest BCUT2D eigenvalue weighted by molar-refractivity contribution is 0.356. The molecule has 0 bridgehead atoms. The summed E-state index contributed by atoms with van der Waals surface area (Å²) >= 11 is 0. The second-order valence-corrected chi connectivity index (χ2v) is 5.71. The summed E-state index contributed by atoms with van der Waals surface area (Å²) in [5.41, 5.74) is 3.06. The van der Waals surface area contributed by atoms with Crippen LogP contribution < -0.4 is 19.5 Å². The predicted molar refractivity (Wildman–Crippen MR) is 98.7 cm³/mol. The number of ether oxygens (including phenoxy) is 3. The minimum absolute atomic E-state index is 0.710. The van der Waals surface area contributed by atoms with Crippen molar-refractivity contribution >= 4 is 22.3 Å². The van der Waals surface area contributed by atoms with Crippen molar-refractivity contribution in [2.75, 3.05) is 26.6 Å². The Bertz CT molecular complexity index is 985. The summed E-state index contributed by atoms with van der Waals surface area (Å²) in [6, 6.07) is 13.9. The summed E-state index contributed by atoms with van der Waals surface area (Å²) in [7, 11) is 4.94. The summed E-state index contributed by atoms with van der Waals surface area (Å²) in [5.74, 6) is 3.15. The van der Waals surface area contributed by atoms with Gasteiger partial charge in [0.25, 0.3) is 0 Å². The number of methoxy groups -OCH3 is 3. The van der Waals surface area contributed by atoms with Crippen molar-refractivity contribution in [1.29, 1.82) is 0 Å². The Morgan fingerprint density at radius 3 is 2.20 bits per heavy atom. The summed E-state index contributed by atoms with van der Waals surface area (Å²) in [4.78, 5) is 0. The average Bonchev–Trinajstić information content (AvgIpc) is 3.20. The van der Waals surface area contributed by atoms with Gasteiger partial charge in [0.05, 0.1) is 27.0 Å². The van der Waals surface area contributed by atoms with Crippen molar-refractivity contribution in [1.82, 2.24) is 10.2 Å². The minimum atomic E-state index is 0.710. The molecule has 0 fully saturated rings. The van der Waals surface area contributed by atoms with Gasteiger partial charge in [0.2, 0.25) is 0 Å². The number of nitrogens with one attached hydrogen (secondary N) is 3. The normalized spacial score (nSPS) is 11.0. The average molecular weight is 337 g/mol. The Kier molecular flexibility index (Phi) is 3.65. The molecule has 1 aliphatic heterocycles. The quantitative estimate of drug-likeness (QED) is 0.506. The van der Waals surface area contributed by atoms with Crippen LogP contribution >= 0.6 is 0 Å². The summed E-state index contributed by atoms with van der Waals surface area (Å²) < 4.78 is 16.0. The number of H-pyrrole nitrogens is 2. The third-order valence-corrected chi connectivity index (χ3v) is 4.34. The van der Waals surface area contributed by atoms with Crippen molar-refractivity contribution in [3.63, 3.8) is 0 Å². The maximum Gasteiger partial charge on any atom is 0.161 e. The van der Waals surface area contributed by atoms with E-state index in [-0.39, 0.29) is 0 Å². The Morgan fingerprint density at radius 1 is 0.800 bits per heavy atom. The second kappa shape index (κ2) is 5.98. The van der Waals surface area contributed by atoms with E-state index in [9.17, 15) is 0 Å². The molecular formula is C19H19N3O3. The van der Waals surface area contributed by atoms with Crippen LogP contribution in [0.3, 0.4) is 0 Å². The molecule has 6 heteroatoms. The first-order chi connectivity index (χ1) is 12.2. The van der Waals surface area contributed by atoms with Crippen molar-refractivity contribution < 1.29 is 14.2 Å². The number of aromatic amines is 2. The molecule has 25 heavy (non-hydrogen) atoms. The van der Waals surface area contributed by atoms with Gasteiger partial charge >= 0.3 is 0 Å². The van der Waals surface area contributed by atoms with E-state index in [1.807, 2.05) is 36.4 Å². The monoisotopic (exact) mass is 337 g/mol. The Morgan fingerprint density at radius 2 is 1.52 bits per heavy atom. The molecule has 0 spiro atoms. The number of hydrogen-bond donors (Lipinski definition) is 3. The molecular weight excluding hydrogens is 318 g/mol. The van der Waals surface area contributed by atoms with Gasteiger partial charge in [0, 0.05) is 16.6 Å². The van der Waals surface area contributed by atoms with E-state index in [0.29, 0.717) is 5.75 Å². The lowest BCUT2D eigenvalue weighted by Gasteiger charge is -2.07. The minimum Gasteiger partial charge on any atom is -0.497 e. The fourth-order valence-corrected chi connectivity index (χ4v) is 3.04. The van der Waals surface area contributed by atoms with Gasteiger partial charge in [0.15, 0.2) is 11.5 Å². The molecule has 2 aromatic rings. The summed E-state index contributed by atoms with van der Waals surface area (Å²) in [6.07, 6.45) is 0. The lowest BCUT2D eigenvalue weighted by atomic mass is 10.2. The van der Waals surface area contributed by atoms with Crippen LogP contribution in [0.1, 0.15) is 0 Å². The number of benzene rings is 2. The number of fused-ring (bicyclic) bond motifs is 3. The molecule has 2 aromatic carbocycles. The second-order valence-electron chi connectivity index (χ2n) is 5.71. The first kappa shape index (κ1) is 15.3. The van der Waals surface area contributed by atoms with Gasteiger partial charge in [-0.3, -0.25) is 10.2 Å². The standard InChI is InChI=1S/C19H19N3O3/c1-23-13-6-4-12(5-7-13)20-19-15-8-11-9-16(24-2)17(25-3)10-14(11)18(15)21-22-19/h4-10,20-22H,1-3H3. The van der Waals surface area contributed by atoms with E-state index in [0.717, 1.165) is 45.0 Å². The third kappa shape index (κ3) is 2.52. The fraction of sp³-hybridized carbons (Fsp3) is 0.158. The maximum atomic E-state index is 5.41. The molecule has 0 aromatic heterocycles. The highest BCUT2D eigenvalue weighted by molar-refractivity contribution is 6.05. The maximum absolute atomic E-state index is 5.41. The zero-order valence-corrected chi connectivity index (χ0v) is 14.3. The molecule has 3 N–H and O–H groups in total. The van der Waals surface area contributed by atoms with E-state index < -0.39 is 0 Å². The van der Waals surface area contributed by atoms with Crippen molar-refractivity contribution in [3.8, 4) is 28.5 Å². The molecule has 6 nitrogen and oxygen atoms in total. The van der Waals surface area contributed by atoms with Crippen molar-refractivity contribution in [3.05, 3.63) is 42.5 Å². The first-order valence-corrected chi connectivity index (χ1v) is 7.89. The zero-order valence-electron chi connectivity index (χ0n) is 14.3. The molecule has 0 saturated carbocycles. The lowest BCUT2D eigenvalue weighted by Crippen LogP contribution is -1.91. The number of anilines is 2. The molecule has 0 amide bonds. The predicted octanol–water partition coefficient (Wildman–Crippen LogP) is 4.37. The van der Waals surface area contributed by atoms with E-state index in [1.165, 1.54) is 0 Å². The van der Waals surface area contributed by atoms with E-state index in [4.69, 9.17) is 14.2 Å². The highest BCUT2D eigenvalue weighted by atomic mass is 16.5. The molecule has 0 unspecified atom stereocenters. The van der Waals surface area contributed by atoms with Gasteiger partial charge in [-0.15, -0.1) is 0 Å². The highest BCUT2D eigenvalue weighted by Gasteiger charge is 2.19. The first-order valence-electron chi connectivity index (χ1n) is 7.89. The highest BCUT2D eigenvalue weighted by Crippen LogP contribution is 2.42. The molecule has 0 radical (unpaired) electrons. The van der Waals surface area contributed by atoms with Crippen LogP contribution in [0, 0.1) is 0 Å². The Hall–Kier alpha value is -3.28. The molecule has 4 rings (SSSR count). The topological polar surface area (TPSA) is 71.3 Å². The number of rotatable bonds is 5. The van der Waals surface area contributed by atoms with Gasteiger partial charge in [-0.05, 0) is 47.9 Å². The summed E-state index contributed by atoms with van der Waals surface area (Å²) in [6.45, 7) is 0. The molecule has 2 aliphatic rings. The number of aromatic nitrogens is 2. The van der Waals surface area contributed by atoms with Crippen LogP contribution in [-0.2, 0) is 0 Å². The van der Waals surface area contributed by atoms with Gasteiger partial charge in [0.1, 0.15) is 11.6 Å². The van der Waals surface area contributed by atoms with Crippen LogP contribution in [0.4, 0.5) is 11.5 Å². The van der Waals surface area contributed by atoms with Crippen LogP contribution in [0.5, 0.6) is 17.2 Å². The molecule has 1 heterocycles. The Labute approximate surface area is 145 Å². The molecule has 128 valence electrons. The van der Waals surface area contributed by atoms with Gasteiger partial charge in [-0.1, -0.05) is 0 Å². The number of hydrogen-bond acceptors (Lipinski definition) is 4. The van der Waals surface area contributed by atoms with Crippen LogP contribution in [0.2, 0.25) is 0 Å². The van der Waals surface area contributed by atoms with Crippen LogP contribution in [-0.4, -0.2) is 31.5 Å². The molecule has 1 aliphatic carbocycles. The summed E-state index contributed by atoms with van der Waals surface area (Å²) in [5, 5.41) is 12.0. The van der Waals surface area contributed by atoms with Gasteiger partial charge in [-0.2, -0.15) is 0 Å². The van der Waals surface area contributed by atoms with Crippen molar-refractivity contribution in [2.24, 2.45) is 0 Å². The largest absolute Gasteiger partial charge is 0.497 e. The van der Waals surface area contributed by atoms with Crippen LogP contribution in [0.25, 0.3) is 22.0 Å². The smallest absolute Gasteiger partial charge is 0.161 e. The fourth-order valence-electron chi connectivity index (χ4n) is 3.04. The van der Waals surface area contributed by atoms with Crippen LogP contribution in [0.15, 0.2) is 42.5 Å². The SMILES string of the molecule is COc1ccc(Nc2[nH][nH]c3c4cc(OC)c(OC)cc4cc2-3)cc1. The van der Waals surface area contributed by atoms with E-state index >= 15 is 0 Å². The van der Waals surface area contributed by atoms with Gasteiger partial charge < -0.3 is 19.5 Å². The van der Waals surface area contributed by atoms with Gasteiger partial charge in [-0.25, -0.2) is 0 Å². The third-order valence-electron chi connectivity index (χ3n) is 4.34. The van der Waals surface area contributed by atoms with Crippen molar-refractivity contribution in [2.45, 2.75) is 0 Å².